The molecule has 0 aliphatic carbocycles. The first kappa shape index (κ1) is 17.5. The molecular weight excluding hydrogens is 352 g/mol. The van der Waals surface area contributed by atoms with Crippen LogP contribution >= 0.6 is 11.8 Å². The topological polar surface area (TPSA) is 28.7 Å². The molecule has 0 aliphatic rings. The number of aromatic amines is 1. The molecule has 0 atom stereocenters. The highest BCUT2D eigenvalue weighted by atomic mass is 32.2. The predicted octanol–water partition coefficient (Wildman–Crippen LogP) is 5.93. The van der Waals surface area contributed by atoms with E-state index in [1.54, 1.807) is 18.2 Å². The van der Waals surface area contributed by atoms with Crippen molar-refractivity contribution in [3.8, 4) is 22.5 Å². The van der Waals surface area contributed by atoms with Gasteiger partial charge in [0.2, 0.25) is 5.82 Å². The van der Waals surface area contributed by atoms with Gasteiger partial charge in [-0.1, -0.05) is 24.3 Å². The molecule has 25 heavy (non-hydrogen) atoms. The third-order valence-electron chi connectivity index (χ3n) is 3.87. The Kier molecular flexibility index (Phi) is 4.60. The molecule has 0 fully saturated rings. The molecular formula is C18H14F4N2S. The van der Waals surface area contributed by atoms with E-state index in [9.17, 15) is 17.6 Å². The Hall–Kier alpha value is -2.28. The molecule has 0 unspecified atom stereocenters. The maximum atomic E-state index is 13.9. The van der Waals surface area contributed by atoms with E-state index in [0.29, 0.717) is 11.1 Å². The van der Waals surface area contributed by atoms with Crippen molar-refractivity contribution in [2.75, 3.05) is 6.26 Å². The fourth-order valence-electron chi connectivity index (χ4n) is 2.54. The van der Waals surface area contributed by atoms with Gasteiger partial charge >= 0.3 is 6.18 Å². The molecule has 3 aromatic rings. The lowest BCUT2D eigenvalue weighted by molar-refractivity contribution is -0.144. The summed E-state index contributed by atoms with van der Waals surface area (Å²) >= 11 is 1.53. The Morgan fingerprint density at radius 3 is 2.32 bits per heavy atom. The van der Waals surface area contributed by atoms with Gasteiger partial charge in [0.25, 0.3) is 0 Å². The molecule has 7 heteroatoms. The third kappa shape index (κ3) is 3.42. The van der Waals surface area contributed by atoms with Crippen molar-refractivity contribution in [2.24, 2.45) is 0 Å². The minimum Gasteiger partial charge on any atom is -0.334 e. The van der Waals surface area contributed by atoms with Crippen LogP contribution in [0.5, 0.6) is 0 Å². The zero-order valence-electron chi connectivity index (χ0n) is 13.4. The van der Waals surface area contributed by atoms with E-state index in [4.69, 9.17) is 0 Å². The first-order valence-corrected chi connectivity index (χ1v) is 8.61. The van der Waals surface area contributed by atoms with Crippen LogP contribution in [0.2, 0.25) is 0 Å². The van der Waals surface area contributed by atoms with Crippen LogP contribution in [0.15, 0.2) is 47.4 Å². The van der Waals surface area contributed by atoms with E-state index < -0.39 is 17.8 Å². The van der Waals surface area contributed by atoms with Crippen molar-refractivity contribution < 1.29 is 17.6 Å². The van der Waals surface area contributed by atoms with Gasteiger partial charge in [-0.25, -0.2) is 9.37 Å². The van der Waals surface area contributed by atoms with Crippen molar-refractivity contribution in [2.45, 2.75) is 18.0 Å². The summed E-state index contributed by atoms with van der Waals surface area (Å²) in [4.78, 5) is 7.05. The van der Waals surface area contributed by atoms with Gasteiger partial charge in [-0.15, -0.1) is 11.8 Å². The number of hydrogen-bond acceptors (Lipinski definition) is 2. The van der Waals surface area contributed by atoms with E-state index in [1.165, 1.54) is 30.8 Å². The molecule has 0 aliphatic heterocycles. The fraction of sp³-hybridized carbons (Fsp3) is 0.167. The second kappa shape index (κ2) is 6.55. The van der Waals surface area contributed by atoms with Gasteiger partial charge in [-0.05, 0) is 36.9 Å². The Bertz CT molecular complexity index is 898. The van der Waals surface area contributed by atoms with Gasteiger partial charge in [0.1, 0.15) is 5.82 Å². The first-order valence-electron chi connectivity index (χ1n) is 7.38. The lowest BCUT2D eigenvalue weighted by Gasteiger charge is -2.08. The van der Waals surface area contributed by atoms with Crippen molar-refractivity contribution in [1.82, 2.24) is 9.97 Å². The number of benzene rings is 2. The molecule has 0 bridgehead atoms. The number of alkyl halides is 3. The van der Waals surface area contributed by atoms with Crippen molar-refractivity contribution in [3.63, 3.8) is 0 Å². The molecule has 0 saturated carbocycles. The molecule has 2 aromatic carbocycles. The smallest absolute Gasteiger partial charge is 0.334 e. The number of imidazole rings is 1. The quantitative estimate of drug-likeness (QED) is 0.460. The van der Waals surface area contributed by atoms with Crippen LogP contribution in [-0.4, -0.2) is 16.2 Å². The van der Waals surface area contributed by atoms with Gasteiger partial charge < -0.3 is 4.98 Å². The highest BCUT2D eigenvalue weighted by Gasteiger charge is 2.36. The van der Waals surface area contributed by atoms with Crippen LogP contribution in [0.1, 0.15) is 11.4 Å². The molecule has 0 saturated heterocycles. The molecule has 0 spiro atoms. The number of halogens is 4. The average Bonchev–Trinajstić information content (AvgIpc) is 3.03. The SMILES string of the molecule is CSc1ccc(-c2nc(C(F)(F)F)[nH]c2-c2cccc(F)c2C)cc1. The zero-order chi connectivity index (χ0) is 18.2. The maximum Gasteiger partial charge on any atom is 0.449 e. The molecule has 1 heterocycles. The van der Waals surface area contributed by atoms with E-state index in [-0.39, 0.29) is 17.0 Å². The molecule has 0 amide bonds. The van der Waals surface area contributed by atoms with Crippen LogP contribution in [0.25, 0.3) is 22.5 Å². The number of thioether (sulfide) groups is 1. The highest BCUT2D eigenvalue weighted by Crippen LogP contribution is 2.37. The number of nitrogens with one attached hydrogen (secondary N) is 1. The predicted molar refractivity (Wildman–Crippen MR) is 90.9 cm³/mol. The molecule has 2 nitrogen and oxygen atoms in total. The maximum absolute atomic E-state index is 13.9. The molecule has 130 valence electrons. The van der Waals surface area contributed by atoms with Gasteiger partial charge in [0, 0.05) is 16.0 Å². The summed E-state index contributed by atoms with van der Waals surface area (Å²) in [6.45, 7) is 1.53. The number of aromatic nitrogens is 2. The second-order valence-corrected chi connectivity index (χ2v) is 6.33. The van der Waals surface area contributed by atoms with E-state index >= 15 is 0 Å². The Morgan fingerprint density at radius 1 is 1.04 bits per heavy atom. The van der Waals surface area contributed by atoms with Gasteiger partial charge in [0.05, 0.1) is 11.4 Å². The van der Waals surface area contributed by atoms with Gasteiger partial charge in [-0.3, -0.25) is 0 Å². The standard InChI is InChI=1S/C18H14F4N2S/c1-10-13(4-3-5-14(10)19)16-15(23-17(24-16)18(20,21)22)11-6-8-12(25-2)9-7-11/h3-9H,1-2H3,(H,23,24). The summed E-state index contributed by atoms with van der Waals surface area (Å²) in [6.07, 6.45) is -2.71. The lowest BCUT2D eigenvalue weighted by atomic mass is 10.0. The van der Waals surface area contributed by atoms with Crippen LogP contribution < -0.4 is 0 Å². The van der Waals surface area contributed by atoms with E-state index in [0.717, 1.165) is 4.90 Å². The minimum atomic E-state index is -4.62. The first-order chi connectivity index (χ1) is 11.8. The summed E-state index contributed by atoms with van der Waals surface area (Å²) in [6, 6.07) is 11.3. The van der Waals surface area contributed by atoms with Gasteiger partial charge in [0.15, 0.2) is 0 Å². The molecule has 1 aromatic heterocycles. The summed E-state index contributed by atoms with van der Waals surface area (Å²) in [7, 11) is 0. The fourth-order valence-corrected chi connectivity index (χ4v) is 2.95. The zero-order valence-corrected chi connectivity index (χ0v) is 14.2. The minimum absolute atomic E-state index is 0.147. The molecule has 1 N–H and O–H groups in total. The summed E-state index contributed by atoms with van der Waals surface area (Å²) < 4.78 is 53.3. The monoisotopic (exact) mass is 366 g/mol. The van der Waals surface area contributed by atoms with Crippen molar-refractivity contribution in [1.29, 1.82) is 0 Å². The number of hydrogen-bond donors (Lipinski definition) is 1. The van der Waals surface area contributed by atoms with E-state index in [1.807, 2.05) is 18.4 Å². The largest absolute Gasteiger partial charge is 0.449 e. The number of H-pyrrole nitrogens is 1. The number of nitrogens with zero attached hydrogens (tertiary/aromatic N) is 1. The molecule has 3 rings (SSSR count). The summed E-state index contributed by atoms with van der Waals surface area (Å²) in [5.74, 6) is -1.58. The Labute approximate surface area is 146 Å². The van der Waals surface area contributed by atoms with Gasteiger partial charge in [-0.2, -0.15) is 13.2 Å². The van der Waals surface area contributed by atoms with E-state index in [2.05, 4.69) is 9.97 Å². The summed E-state index contributed by atoms with van der Waals surface area (Å²) in [5, 5.41) is 0. The van der Waals surface area contributed by atoms with Crippen LogP contribution in [0.3, 0.4) is 0 Å². The Balaban J connectivity index is 2.22. The highest BCUT2D eigenvalue weighted by molar-refractivity contribution is 7.98. The average molecular weight is 366 g/mol. The molecule has 0 radical (unpaired) electrons. The van der Waals surface area contributed by atoms with Crippen LogP contribution in [0, 0.1) is 12.7 Å². The normalized spacial score (nSPS) is 11.8. The third-order valence-corrected chi connectivity index (χ3v) is 4.62. The van der Waals surface area contributed by atoms with Crippen molar-refractivity contribution >= 4 is 11.8 Å². The van der Waals surface area contributed by atoms with Crippen LogP contribution in [-0.2, 0) is 6.18 Å². The second-order valence-electron chi connectivity index (χ2n) is 5.45. The Morgan fingerprint density at radius 2 is 1.72 bits per heavy atom. The van der Waals surface area contributed by atoms with Crippen molar-refractivity contribution in [3.05, 3.63) is 59.7 Å². The number of rotatable bonds is 3. The lowest BCUT2D eigenvalue weighted by Crippen LogP contribution is -2.07. The summed E-state index contributed by atoms with van der Waals surface area (Å²) in [5.41, 5.74) is 1.45. The van der Waals surface area contributed by atoms with Crippen LogP contribution in [0.4, 0.5) is 17.6 Å².